The van der Waals surface area contributed by atoms with E-state index in [-0.39, 0.29) is 18.1 Å². The molecule has 3 rings (SSSR count). The van der Waals surface area contributed by atoms with E-state index in [4.69, 9.17) is 15.7 Å². The number of ether oxygens (including phenoxy) is 1. The Kier molecular flexibility index (Phi) is 8.52. The fourth-order valence-electron chi connectivity index (χ4n) is 3.99. The van der Waals surface area contributed by atoms with Crippen molar-refractivity contribution in [2.45, 2.75) is 43.0 Å². The van der Waals surface area contributed by atoms with Gasteiger partial charge in [-0.05, 0) is 74.0 Å². The van der Waals surface area contributed by atoms with E-state index in [0.29, 0.717) is 24.6 Å². The molecule has 0 saturated heterocycles. The maximum atomic E-state index is 14.6. The molecule has 0 aromatic heterocycles. The van der Waals surface area contributed by atoms with Gasteiger partial charge in [0.1, 0.15) is 17.6 Å². The molecule has 12 heteroatoms. The van der Waals surface area contributed by atoms with Crippen LogP contribution in [0, 0.1) is 29.3 Å². The average Bonchev–Trinajstić information content (AvgIpc) is 2.81. The first kappa shape index (κ1) is 25.9. The maximum absolute atomic E-state index is 14.6. The first-order chi connectivity index (χ1) is 16.1. The lowest BCUT2D eigenvalue weighted by Crippen LogP contribution is -2.47. The van der Waals surface area contributed by atoms with E-state index >= 15 is 0 Å². The fraction of sp³-hybridized carbons (Fsp3) is 0.409. The van der Waals surface area contributed by atoms with Gasteiger partial charge < -0.3 is 10.5 Å². The zero-order valence-corrected chi connectivity index (χ0v) is 19.0. The number of hydrogen-bond donors (Lipinski definition) is 4. The third-order valence-corrected chi connectivity index (χ3v) is 7.36. The summed E-state index contributed by atoms with van der Waals surface area (Å²) in [6.07, 6.45) is 3.25. The smallest absolute Gasteiger partial charge is 0.261 e. The van der Waals surface area contributed by atoms with Crippen LogP contribution >= 0.6 is 0 Å². The number of benzene rings is 2. The molecule has 0 spiro atoms. The second-order valence-electron chi connectivity index (χ2n) is 8.28. The minimum Gasteiger partial charge on any atom is -0.451 e. The molecule has 34 heavy (non-hydrogen) atoms. The average molecular weight is 502 g/mol. The van der Waals surface area contributed by atoms with Gasteiger partial charge in [0.05, 0.1) is 4.90 Å². The van der Waals surface area contributed by atoms with E-state index in [9.17, 15) is 26.4 Å². The highest BCUT2D eigenvalue weighted by molar-refractivity contribution is 7.89. The Morgan fingerprint density at radius 1 is 1.06 bits per heavy atom. The van der Waals surface area contributed by atoms with Crippen LogP contribution in [-0.2, 0) is 14.8 Å². The van der Waals surface area contributed by atoms with Gasteiger partial charge in [0.2, 0.25) is 10.0 Å². The third kappa shape index (κ3) is 6.47. The second-order valence-corrected chi connectivity index (χ2v) is 9.99. The van der Waals surface area contributed by atoms with Gasteiger partial charge in [0, 0.05) is 0 Å². The molecule has 1 aliphatic carbocycles. The van der Waals surface area contributed by atoms with Crippen LogP contribution in [0.5, 0.6) is 11.5 Å². The number of amides is 1. The first-order valence-corrected chi connectivity index (χ1v) is 12.2. The van der Waals surface area contributed by atoms with Gasteiger partial charge in [-0.3, -0.25) is 10.0 Å². The molecule has 1 fully saturated rings. The third-order valence-electron chi connectivity index (χ3n) is 5.91. The quantitative estimate of drug-likeness (QED) is 0.308. The van der Waals surface area contributed by atoms with E-state index in [2.05, 4.69) is 4.72 Å². The molecule has 2 aromatic carbocycles. The van der Waals surface area contributed by atoms with Crippen molar-refractivity contribution in [2.75, 3.05) is 6.54 Å². The summed E-state index contributed by atoms with van der Waals surface area (Å²) in [5.74, 6) is -4.73. The number of sulfonamides is 1. The van der Waals surface area contributed by atoms with E-state index in [1.54, 1.807) is 0 Å². The summed E-state index contributed by atoms with van der Waals surface area (Å²) in [6, 6.07) is 4.11. The molecule has 0 aliphatic heterocycles. The van der Waals surface area contributed by atoms with E-state index < -0.39 is 50.1 Å². The minimum atomic E-state index is -4.55. The molecule has 1 aliphatic rings. The first-order valence-electron chi connectivity index (χ1n) is 10.7. The van der Waals surface area contributed by atoms with Gasteiger partial charge in [-0.1, -0.05) is 12.8 Å². The molecule has 186 valence electrons. The summed E-state index contributed by atoms with van der Waals surface area (Å²) in [5.41, 5.74) is 7.11. The number of hydrogen-bond acceptors (Lipinski definition) is 6. The fourth-order valence-corrected chi connectivity index (χ4v) is 5.22. The Labute approximate surface area is 195 Å². The van der Waals surface area contributed by atoms with Crippen molar-refractivity contribution in [1.82, 2.24) is 10.2 Å². The van der Waals surface area contributed by atoms with Gasteiger partial charge in [-0.15, -0.1) is 0 Å². The van der Waals surface area contributed by atoms with Crippen LogP contribution in [0.3, 0.4) is 0 Å². The van der Waals surface area contributed by atoms with Crippen molar-refractivity contribution in [2.24, 2.45) is 17.6 Å². The number of nitrogens with one attached hydrogen (secondary N) is 2. The number of rotatable bonds is 9. The Balaban J connectivity index is 1.77. The molecule has 0 bridgehead atoms. The molecule has 8 nitrogen and oxygen atoms in total. The number of carbonyl (C=O) groups excluding carboxylic acids is 1. The van der Waals surface area contributed by atoms with Crippen molar-refractivity contribution in [3.05, 3.63) is 53.8 Å². The van der Waals surface area contributed by atoms with Crippen LogP contribution in [0.15, 0.2) is 41.3 Å². The van der Waals surface area contributed by atoms with Gasteiger partial charge in [0.25, 0.3) is 5.91 Å². The standard InChI is InChI=1S/C22H26F3N3O5S/c23-15-5-7-16(8-6-15)33-21-18(24)10-17(11-19(21)25)34(31,32)28-20(22(29)27-30)9-13-1-3-14(12-26)4-2-13/h5-8,10-11,13-14,20,28,30H,1-4,9,12,26H2,(H,27,29)/t13?,14?,20-/m0/s1. The predicted octanol–water partition coefficient (Wildman–Crippen LogP) is 3.20. The summed E-state index contributed by atoms with van der Waals surface area (Å²) in [5, 5.41) is 9.05. The largest absolute Gasteiger partial charge is 0.451 e. The number of halogens is 3. The molecule has 0 radical (unpaired) electrons. The maximum Gasteiger partial charge on any atom is 0.261 e. The number of nitrogens with two attached hydrogens (primary N) is 1. The normalized spacial score (nSPS) is 19.4. The van der Waals surface area contributed by atoms with E-state index in [1.807, 2.05) is 0 Å². The number of hydroxylamine groups is 1. The summed E-state index contributed by atoms with van der Waals surface area (Å²) < 4.78 is 74.9. The van der Waals surface area contributed by atoms with Gasteiger partial charge >= 0.3 is 0 Å². The van der Waals surface area contributed by atoms with Crippen LogP contribution in [0.1, 0.15) is 32.1 Å². The topological polar surface area (TPSA) is 131 Å². The van der Waals surface area contributed by atoms with Crippen molar-refractivity contribution in [1.29, 1.82) is 0 Å². The lowest BCUT2D eigenvalue weighted by molar-refractivity contribution is -0.131. The molecule has 0 heterocycles. The highest BCUT2D eigenvalue weighted by atomic mass is 32.2. The Morgan fingerprint density at radius 2 is 1.62 bits per heavy atom. The van der Waals surface area contributed by atoms with Crippen LogP contribution < -0.4 is 20.7 Å². The van der Waals surface area contributed by atoms with E-state index in [0.717, 1.165) is 49.9 Å². The van der Waals surface area contributed by atoms with Crippen molar-refractivity contribution in [3.63, 3.8) is 0 Å². The van der Waals surface area contributed by atoms with Gasteiger partial charge in [-0.2, -0.15) is 4.72 Å². The molecule has 5 N–H and O–H groups in total. The Morgan fingerprint density at radius 3 is 2.15 bits per heavy atom. The summed E-state index contributed by atoms with van der Waals surface area (Å²) in [6.45, 7) is 0.553. The summed E-state index contributed by atoms with van der Waals surface area (Å²) in [7, 11) is -4.55. The minimum absolute atomic E-state index is 0.00718. The molecule has 1 saturated carbocycles. The highest BCUT2D eigenvalue weighted by Gasteiger charge is 2.31. The van der Waals surface area contributed by atoms with Crippen LogP contribution in [0.4, 0.5) is 13.2 Å². The van der Waals surface area contributed by atoms with Crippen molar-refractivity contribution in [3.8, 4) is 11.5 Å². The molecule has 2 aromatic rings. The molecule has 1 amide bonds. The monoisotopic (exact) mass is 501 g/mol. The van der Waals surface area contributed by atoms with Crippen LogP contribution in [-0.4, -0.2) is 32.1 Å². The van der Waals surface area contributed by atoms with Crippen LogP contribution in [0.25, 0.3) is 0 Å². The second kappa shape index (κ2) is 11.2. The Bertz CT molecular complexity index is 1080. The molecular weight excluding hydrogens is 475 g/mol. The van der Waals surface area contributed by atoms with Gasteiger partial charge in [0.15, 0.2) is 17.4 Å². The SMILES string of the molecule is NCC1CCC(C[C@H](NS(=O)(=O)c2cc(F)c(Oc3ccc(F)cc3)c(F)c2)C(=O)NO)CC1. The molecule has 0 unspecified atom stereocenters. The molecule has 1 atom stereocenters. The lowest BCUT2D eigenvalue weighted by atomic mass is 9.79. The van der Waals surface area contributed by atoms with Crippen molar-refractivity contribution >= 4 is 15.9 Å². The molecular formula is C22H26F3N3O5S. The predicted molar refractivity (Wildman–Crippen MR) is 116 cm³/mol. The van der Waals surface area contributed by atoms with E-state index in [1.165, 1.54) is 5.48 Å². The van der Waals surface area contributed by atoms with Gasteiger partial charge in [-0.25, -0.2) is 27.1 Å². The Hall–Kier alpha value is -2.67. The zero-order chi connectivity index (χ0) is 24.9. The highest BCUT2D eigenvalue weighted by Crippen LogP contribution is 2.32. The summed E-state index contributed by atoms with van der Waals surface area (Å²) >= 11 is 0. The van der Waals surface area contributed by atoms with Crippen LogP contribution in [0.2, 0.25) is 0 Å². The number of carbonyl (C=O) groups is 1. The summed E-state index contributed by atoms with van der Waals surface area (Å²) in [4.78, 5) is 11.4. The van der Waals surface area contributed by atoms with Crippen molar-refractivity contribution < 1.29 is 36.3 Å². The lowest BCUT2D eigenvalue weighted by Gasteiger charge is -2.30. The zero-order valence-electron chi connectivity index (χ0n) is 18.1.